The molecule has 2 rings (SSSR count). The maximum absolute atomic E-state index is 10.4. The Morgan fingerprint density at radius 2 is 1.78 bits per heavy atom. The van der Waals surface area contributed by atoms with Gasteiger partial charge >= 0.3 is 0 Å². The molecule has 2 heteroatoms. The minimum Gasteiger partial charge on any atom is -0.511 e. The van der Waals surface area contributed by atoms with Crippen LogP contribution in [-0.4, -0.2) is 5.11 Å². The lowest BCUT2D eigenvalue weighted by molar-refractivity contribution is 0.268. The van der Waals surface area contributed by atoms with Gasteiger partial charge < -0.3 is 5.11 Å². The van der Waals surface area contributed by atoms with Gasteiger partial charge in [-0.3, -0.25) is 0 Å². The zero-order valence-electron chi connectivity index (χ0n) is 11.8. The van der Waals surface area contributed by atoms with E-state index < -0.39 is 0 Å². The first kappa shape index (κ1) is 13.5. The van der Waals surface area contributed by atoms with Gasteiger partial charge in [0.15, 0.2) is 0 Å². The van der Waals surface area contributed by atoms with Crippen LogP contribution in [0.3, 0.4) is 0 Å². The van der Waals surface area contributed by atoms with Crippen molar-refractivity contribution in [2.75, 3.05) is 0 Å². The molecule has 1 nitrogen and oxygen atoms in total. The van der Waals surface area contributed by atoms with Crippen LogP contribution in [0, 0.1) is 26.2 Å². The van der Waals surface area contributed by atoms with Crippen molar-refractivity contribution >= 4 is 17.2 Å². The molecule has 0 atom stereocenters. The topological polar surface area (TPSA) is 20.2 Å². The summed E-state index contributed by atoms with van der Waals surface area (Å²) < 4.78 is 0. The van der Waals surface area contributed by atoms with E-state index in [1.807, 2.05) is 13.8 Å². The van der Waals surface area contributed by atoms with Crippen molar-refractivity contribution in [3.8, 4) is 0 Å². The Hall–Kier alpha value is -0.950. The maximum atomic E-state index is 10.4. The van der Waals surface area contributed by atoms with Gasteiger partial charge in [0, 0.05) is 10.4 Å². The maximum Gasteiger partial charge on any atom is 0.102 e. The third kappa shape index (κ3) is 1.95. The second-order valence-corrected chi connectivity index (χ2v) is 6.41. The molecule has 0 spiro atoms. The predicted octanol–water partition coefficient (Wildman–Crippen LogP) is 5.35. The number of rotatable bonds is 1. The zero-order chi connectivity index (χ0) is 13.7. The van der Waals surface area contributed by atoms with Crippen molar-refractivity contribution in [1.82, 2.24) is 0 Å². The number of benzene rings is 1. The molecule has 0 aromatic heterocycles. The zero-order valence-corrected chi connectivity index (χ0v) is 12.6. The van der Waals surface area contributed by atoms with Crippen molar-refractivity contribution in [2.24, 2.45) is 5.41 Å². The Balaban J connectivity index is 2.68. The van der Waals surface area contributed by atoms with Crippen LogP contribution in [0.5, 0.6) is 0 Å². The molecule has 0 bridgehead atoms. The molecule has 0 saturated carbocycles. The number of aliphatic hydroxyl groups excluding tert-OH is 1. The molecule has 0 unspecified atom stereocenters. The van der Waals surface area contributed by atoms with Gasteiger partial charge in [-0.2, -0.15) is 0 Å². The molecule has 0 fully saturated rings. The van der Waals surface area contributed by atoms with Crippen LogP contribution in [0.4, 0.5) is 0 Å². The lowest BCUT2D eigenvalue weighted by Crippen LogP contribution is -2.09. The molecular weight excluding hydrogens is 244 g/mol. The van der Waals surface area contributed by atoms with E-state index in [2.05, 4.69) is 26.8 Å². The molecule has 1 aromatic carbocycles. The normalized spacial score (nSPS) is 18.6. The average Bonchev–Trinajstić information content (AvgIpc) is 2.53. The van der Waals surface area contributed by atoms with Crippen LogP contribution in [0.2, 0.25) is 5.02 Å². The first-order chi connectivity index (χ1) is 8.25. The van der Waals surface area contributed by atoms with E-state index in [1.165, 1.54) is 5.56 Å². The van der Waals surface area contributed by atoms with Gasteiger partial charge in [-0.15, -0.1) is 0 Å². The summed E-state index contributed by atoms with van der Waals surface area (Å²) in [6.07, 6.45) is 1.93. The third-order valence-corrected chi connectivity index (χ3v) is 4.69. The van der Waals surface area contributed by atoms with Crippen LogP contribution in [0.1, 0.15) is 48.9 Å². The monoisotopic (exact) mass is 264 g/mol. The third-order valence-electron chi connectivity index (χ3n) is 4.11. The van der Waals surface area contributed by atoms with Crippen molar-refractivity contribution in [1.29, 1.82) is 0 Å². The summed E-state index contributed by atoms with van der Waals surface area (Å²) in [7, 11) is 0. The highest BCUT2D eigenvalue weighted by Crippen LogP contribution is 2.47. The number of halogens is 1. The standard InChI is InChI=1S/C16H21ClO/c1-9-8-10(2)14(17)11(3)13(9)12-6-7-16(4,5)15(12)18/h8,18H,6-7H2,1-5H3. The van der Waals surface area contributed by atoms with E-state index in [1.54, 1.807) is 0 Å². The summed E-state index contributed by atoms with van der Waals surface area (Å²) in [6.45, 7) is 10.4. The molecule has 98 valence electrons. The molecule has 18 heavy (non-hydrogen) atoms. The molecule has 1 N–H and O–H groups in total. The number of aliphatic hydroxyl groups is 1. The average molecular weight is 265 g/mol. The minimum absolute atomic E-state index is 0.106. The van der Waals surface area contributed by atoms with Crippen molar-refractivity contribution in [3.05, 3.63) is 39.1 Å². The molecule has 1 aliphatic carbocycles. The number of aryl methyl sites for hydroxylation is 2. The van der Waals surface area contributed by atoms with Gasteiger partial charge in [0.1, 0.15) is 5.76 Å². The van der Waals surface area contributed by atoms with Crippen LogP contribution in [-0.2, 0) is 0 Å². The van der Waals surface area contributed by atoms with Gasteiger partial charge in [0.25, 0.3) is 0 Å². The molecule has 1 aromatic rings. The fraction of sp³-hybridized carbons (Fsp3) is 0.500. The lowest BCUT2D eigenvalue weighted by Gasteiger charge is -2.18. The molecule has 0 heterocycles. The minimum atomic E-state index is -0.106. The Morgan fingerprint density at radius 1 is 1.17 bits per heavy atom. The molecule has 0 aliphatic heterocycles. The summed E-state index contributed by atoms with van der Waals surface area (Å²) in [5.41, 5.74) is 5.52. The Morgan fingerprint density at radius 3 is 2.28 bits per heavy atom. The van der Waals surface area contributed by atoms with E-state index in [0.717, 1.165) is 40.1 Å². The first-order valence-corrected chi connectivity index (χ1v) is 6.83. The van der Waals surface area contributed by atoms with Gasteiger partial charge in [0.2, 0.25) is 0 Å². The smallest absolute Gasteiger partial charge is 0.102 e. The van der Waals surface area contributed by atoms with Crippen LogP contribution >= 0.6 is 11.6 Å². The van der Waals surface area contributed by atoms with E-state index in [0.29, 0.717) is 5.76 Å². The molecule has 0 saturated heterocycles. The summed E-state index contributed by atoms with van der Waals surface area (Å²) in [5, 5.41) is 11.2. The Labute approximate surface area is 114 Å². The number of hydrogen-bond donors (Lipinski definition) is 1. The van der Waals surface area contributed by atoms with Crippen molar-refractivity contribution in [2.45, 2.75) is 47.5 Å². The largest absolute Gasteiger partial charge is 0.511 e. The van der Waals surface area contributed by atoms with Crippen LogP contribution in [0.15, 0.2) is 11.8 Å². The molecule has 0 radical (unpaired) electrons. The van der Waals surface area contributed by atoms with Crippen LogP contribution in [0.25, 0.3) is 5.57 Å². The molecule has 0 amide bonds. The summed E-state index contributed by atoms with van der Waals surface area (Å²) >= 11 is 6.35. The first-order valence-electron chi connectivity index (χ1n) is 6.45. The molecular formula is C16H21ClO. The summed E-state index contributed by atoms with van der Waals surface area (Å²) in [5.74, 6) is 0.536. The van der Waals surface area contributed by atoms with Gasteiger partial charge in [-0.1, -0.05) is 31.5 Å². The Kier molecular flexibility index (Phi) is 3.23. The predicted molar refractivity (Wildman–Crippen MR) is 78.2 cm³/mol. The summed E-state index contributed by atoms with van der Waals surface area (Å²) in [6, 6.07) is 2.11. The highest BCUT2D eigenvalue weighted by molar-refractivity contribution is 6.32. The highest BCUT2D eigenvalue weighted by Gasteiger charge is 2.34. The van der Waals surface area contributed by atoms with E-state index in [4.69, 9.17) is 11.6 Å². The number of allylic oxidation sites excluding steroid dienone is 2. The van der Waals surface area contributed by atoms with E-state index >= 15 is 0 Å². The van der Waals surface area contributed by atoms with Crippen molar-refractivity contribution < 1.29 is 5.11 Å². The van der Waals surface area contributed by atoms with Gasteiger partial charge in [-0.25, -0.2) is 0 Å². The highest BCUT2D eigenvalue weighted by atomic mass is 35.5. The SMILES string of the molecule is Cc1cc(C)c(C2=C(O)C(C)(C)CC2)c(C)c1Cl. The lowest BCUT2D eigenvalue weighted by atomic mass is 9.90. The fourth-order valence-corrected chi connectivity index (χ4v) is 3.10. The van der Waals surface area contributed by atoms with Gasteiger partial charge in [-0.05, 0) is 61.4 Å². The fourth-order valence-electron chi connectivity index (χ4n) is 2.95. The summed E-state index contributed by atoms with van der Waals surface area (Å²) in [4.78, 5) is 0. The quantitative estimate of drug-likeness (QED) is 0.724. The van der Waals surface area contributed by atoms with Gasteiger partial charge in [0.05, 0.1) is 0 Å². The number of hydrogen-bond acceptors (Lipinski definition) is 1. The second kappa shape index (κ2) is 4.31. The van der Waals surface area contributed by atoms with Crippen LogP contribution < -0.4 is 0 Å². The van der Waals surface area contributed by atoms with E-state index in [9.17, 15) is 5.11 Å². The van der Waals surface area contributed by atoms with E-state index in [-0.39, 0.29) is 5.41 Å². The Bertz CT molecular complexity index is 539. The molecule has 1 aliphatic rings. The second-order valence-electron chi connectivity index (χ2n) is 6.04. The van der Waals surface area contributed by atoms with Crippen molar-refractivity contribution in [3.63, 3.8) is 0 Å².